The summed E-state index contributed by atoms with van der Waals surface area (Å²) in [6, 6.07) is 0.216. The fraction of sp³-hybridized carbons (Fsp3) is 0.714. The Kier molecular flexibility index (Phi) is 3.10. The Morgan fingerprint density at radius 1 is 1.31 bits per heavy atom. The third kappa shape index (κ3) is 2.27. The van der Waals surface area contributed by atoms with E-state index in [1.54, 1.807) is 4.68 Å². The first kappa shape index (κ1) is 11.1. The third-order valence-corrected chi connectivity index (χ3v) is 2.22. The van der Waals surface area contributed by atoms with E-state index < -0.39 is 3.79 Å². The molecule has 1 rings (SSSR count). The smallest absolute Gasteiger partial charge is 0.236 e. The molecule has 1 heterocycles. The van der Waals surface area contributed by atoms with Crippen molar-refractivity contribution >= 4 is 34.8 Å². The van der Waals surface area contributed by atoms with Crippen LogP contribution in [0, 0.1) is 6.92 Å². The van der Waals surface area contributed by atoms with Gasteiger partial charge in [0.2, 0.25) is 3.79 Å². The van der Waals surface area contributed by atoms with E-state index in [0.29, 0.717) is 5.69 Å². The van der Waals surface area contributed by atoms with Crippen LogP contribution in [0.15, 0.2) is 0 Å². The Morgan fingerprint density at radius 3 is 2.08 bits per heavy atom. The highest BCUT2D eigenvalue weighted by atomic mass is 35.6. The molecule has 0 saturated carbocycles. The number of halogens is 3. The molecule has 0 saturated heterocycles. The van der Waals surface area contributed by atoms with Crippen LogP contribution in [-0.4, -0.2) is 15.0 Å². The number of aromatic nitrogens is 3. The minimum absolute atomic E-state index is 0.216. The van der Waals surface area contributed by atoms with Crippen molar-refractivity contribution in [2.24, 2.45) is 0 Å². The molecule has 0 aliphatic carbocycles. The van der Waals surface area contributed by atoms with E-state index >= 15 is 0 Å². The lowest BCUT2D eigenvalue weighted by atomic mass is 10.3. The Morgan fingerprint density at radius 2 is 1.85 bits per heavy atom. The molecule has 0 spiro atoms. The summed E-state index contributed by atoms with van der Waals surface area (Å²) in [4.78, 5) is 0. The zero-order chi connectivity index (χ0) is 10.2. The molecule has 74 valence electrons. The quantitative estimate of drug-likeness (QED) is 0.709. The van der Waals surface area contributed by atoms with Gasteiger partial charge in [-0.3, -0.25) is 0 Å². The van der Waals surface area contributed by atoms with Crippen molar-refractivity contribution in [3.63, 3.8) is 0 Å². The van der Waals surface area contributed by atoms with Gasteiger partial charge in [-0.2, -0.15) is 0 Å². The number of hydrogen-bond acceptors (Lipinski definition) is 2. The van der Waals surface area contributed by atoms with Gasteiger partial charge in [0.25, 0.3) is 0 Å². The average Bonchev–Trinajstić information content (AvgIpc) is 2.28. The topological polar surface area (TPSA) is 30.7 Å². The first-order valence-corrected chi connectivity index (χ1v) is 4.96. The van der Waals surface area contributed by atoms with Crippen LogP contribution in [0.2, 0.25) is 0 Å². The molecule has 0 aliphatic heterocycles. The molecule has 1 aromatic heterocycles. The second-order valence-electron chi connectivity index (χ2n) is 3.06. The van der Waals surface area contributed by atoms with E-state index in [2.05, 4.69) is 10.3 Å². The maximum Gasteiger partial charge on any atom is 0.236 e. The normalized spacial score (nSPS) is 12.5. The van der Waals surface area contributed by atoms with E-state index in [4.69, 9.17) is 34.8 Å². The summed E-state index contributed by atoms with van der Waals surface area (Å²) < 4.78 is 0.231. The first-order valence-electron chi connectivity index (χ1n) is 3.83. The fourth-order valence-electron chi connectivity index (χ4n) is 1.09. The maximum absolute atomic E-state index is 5.70. The molecule has 0 fully saturated rings. The van der Waals surface area contributed by atoms with Gasteiger partial charge in [-0.25, -0.2) is 4.68 Å². The minimum atomic E-state index is -1.49. The van der Waals surface area contributed by atoms with Gasteiger partial charge >= 0.3 is 0 Å². The third-order valence-electron chi connectivity index (χ3n) is 1.69. The average molecular weight is 243 g/mol. The van der Waals surface area contributed by atoms with Crippen LogP contribution in [0.5, 0.6) is 0 Å². The van der Waals surface area contributed by atoms with Gasteiger partial charge in [0.15, 0.2) is 0 Å². The summed E-state index contributed by atoms with van der Waals surface area (Å²) in [5, 5.41) is 7.72. The minimum Gasteiger partial charge on any atom is -0.247 e. The molecule has 0 radical (unpaired) electrons. The maximum atomic E-state index is 5.70. The molecule has 13 heavy (non-hydrogen) atoms. The van der Waals surface area contributed by atoms with Gasteiger partial charge in [-0.15, -0.1) is 5.10 Å². The van der Waals surface area contributed by atoms with Gasteiger partial charge in [0.05, 0.1) is 5.69 Å². The van der Waals surface area contributed by atoms with E-state index in [1.165, 1.54) is 0 Å². The zero-order valence-corrected chi connectivity index (χ0v) is 9.82. The summed E-state index contributed by atoms with van der Waals surface area (Å²) in [6.07, 6.45) is 0. The Balaban J connectivity index is 3.14. The second kappa shape index (κ2) is 3.64. The Bertz CT molecular complexity index is 300. The van der Waals surface area contributed by atoms with E-state index in [-0.39, 0.29) is 6.04 Å². The van der Waals surface area contributed by atoms with E-state index in [9.17, 15) is 0 Å². The SMILES string of the molecule is Cc1c(C(Cl)(Cl)Cl)nnn1C(C)C. The molecule has 0 N–H and O–H groups in total. The highest BCUT2D eigenvalue weighted by Gasteiger charge is 2.30. The number of alkyl halides is 3. The largest absolute Gasteiger partial charge is 0.247 e. The molecule has 0 aromatic carbocycles. The van der Waals surface area contributed by atoms with Crippen molar-refractivity contribution < 1.29 is 0 Å². The van der Waals surface area contributed by atoms with Crippen LogP contribution in [0.4, 0.5) is 0 Å². The molecule has 0 amide bonds. The molecule has 3 nitrogen and oxygen atoms in total. The summed E-state index contributed by atoms with van der Waals surface area (Å²) in [5.74, 6) is 0. The standard InChI is InChI=1S/C7H10Cl3N3/c1-4(2)13-5(3)6(11-12-13)7(8,9)10/h4H,1-3H3. The van der Waals surface area contributed by atoms with Crippen LogP contribution in [0.3, 0.4) is 0 Å². The number of nitrogens with zero attached hydrogens (tertiary/aromatic N) is 3. The summed E-state index contributed by atoms with van der Waals surface area (Å²) >= 11 is 17.1. The second-order valence-corrected chi connectivity index (χ2v) is 5.34. The molecular formula is C7H10Cl3N3. The van der Waals surface area contributed by atoms with Crippen molar-refractivity contribution in [2.75, 3.05) is 0 Å². The van der Waals surface area contributed by atoms with Gasteiger partial charge in [-0.05, 0) is 20.8 Å². The summed E-state index contributed by atoms with van der Waals surface area (Å²) in [7, 11) is 0. The van der Waals surface area contributed by atoms with Gasteiger partial charge in [0.1, 0.15) is 5.69 Å². The Labute approximate surface area is 92.0 Å². The summed E-state index contributed by atoms with van der Waals surface area (Å²) in [6.45, 7) is 5.81. The van der Waals surface area contributed by atoms with Crippen LogP contribution >= 0.6 is 34.8 Å². The lowest BCUT2D eigenvalue weighted by Gasteiger charge is -2.10. The number of rotatable bonds is 1. The van der Waals surface area contributed by atoms with Crippen molar-refractivity contribution in [3.05, 3.63) is 11.4 Å². The fourth-order valence-corrected chi connectivity index (χ4v) is 1.62. The van der Waals surface area contributed by atoms with Crippen LogP contribution < -0.4 is 0 Å². The Hall–Kier alpha value is 0.01000. The summed E-state index contributed by atoms with van der Waals surface area (Å²) in [5.41, 5.74) is 1.18. The highest BCUT2D eigenvalue weighted by molar-refractivity contribution is 6.66. The molecule has 0 aliphatic rings. The first-order chi connectivity index (χ1) is 5.84. The van der Waals surface area contributed by atoms with E-state index in [0.717, 1.165) is 5.69 Å². The number of hydrogen-bond donors (Lipinski definition) is 0. The zero-order valence-electron chi connectivity index (χ0n) is 7.55. The lowest BCUT2D eigenvalue weighted by molar-refractivity contribution is 0.502. The molecule has 0 unspecified atom stereocenters. The molecule has 6 heteroatoms. The van der Waals surface area contributed by atoms with Crippen molar-refractivity contribution in [3.8, 4) is 0 Å². The molecular weight excluding hydrogens is 232 g/mol. The highest BCUT2D eigenvalue weighted by Crippen LogP contribution is 2.38. The van der Waals surface area contributed by atoms with Crippen molar-refractivity contribution in [2.45, 2.75) is 30.6 Å². The van der Waals surface area contributed by atoms with Crippen LogP contribution in [0.25, 0.3) is 0 Å². The van der Waals surface area contributed by atoms with Gasteiger partial charge < -0.3 is 0 Å². The van der Waals surface area contributed by atoms with Gasteiger partial charge in [0, 0.05) is 6.04 Å². The lowest BCUT2D eigenvalue weighted by Crippen LogP contribution is -2.07. The molecule has 0 bridgehead atoms. The van der Waals surface area contributed by atoms with Crippen LogP contribution in [0.1, 0.15) is 31.3 Å². The molecule has 0 atom stereocenters. The van der Waals surface area contributed by atoms with Gasteiger partial charge in [-0.1, -0.05) is 40.0 Å². The van der Waals surface area contributed by atoms with Crippen LogP contribution in [-0.2, 0) is 3.79 Å². The predicted molar refractivity (Wildman–Crippen MR) is 54.4 cm³/mol. The van der Waals surface area contributed by atoms with Crippen molar-refractivity contribution in [1.82, 2.24) is 15.0 Å². The molecule has 1 aromatic rings. The monoisotopic (exact) mass is 241 g/mol. The van der Waals surface area contributed by atoms with E-state index in [1.807, 2.05) is 20.8 Å². The predicted octanol–water partition coefficient (Wildman–Crippen LogP) is 2.99. The van der Waals surface area contributed by atoms with Crippen molar-refractivity contribution in [1.29, 1.82) is 0 Å².